The van der Waals surface area contributed by atoms with Crippen molar-refractivity contribution in [3.8, 4) is 11.5 Å². The van der Waals surface area contributed by atoms with Gasteiger partial charge in [0.05, 0.1) is 17.9 Å². The second-order valence-electron chi connectivity index (χ2n) is 12.2. The summed E-state index contributed by atoms with van der Waals surface area (Å²) in [5.74, 6) is -3.33. The fourth-order valence-electron chi connectivity index (χ4n) is 6.92. The smallest absolute Gasteiger partial charge is 0.455 e. The number of carbonyl (C=O) groups excluding carboxylic acids is 2. The maximum atomic E-state index is 13.9. The molecule has 2 saturated heterocycles. The zero-order valence-corrected chi connectivity index (χ0v) is 25.4. The van der Waals surface area contributed by atoms with E-state index in [2.05, 4.69) is 0 Å². The number of para-hydroxylation sites is 1. The fraction of sp³-hybridized carbons (Fsp3) is 0.441. The number of aliphatic carboxylic acids is 1. The number of carboxylic acid groups (broad SMARTS) is 1. The summed E-state index contributed by atoms with van der Waals surface area (Å²) >= 11 is 0. The van der Waals surface area contributed by atoms with Crippen LogP contribution >= 0.6 is 0 Å². The summed E-state index contributed by atoms with van der Waals surface area (Å²) in [4.78, 5) is 39.6. The van der Waals surface area contributed by atoms with Crippen LogP contribution in [0.1, 0.15) is 57.4 Å². The Bertz CT molecular complexity index is 1480. The Morgan fingerprint density at radius 2 is 1.87 bits per heavy atom. The van der Waals surface area contributed by atoms with Crippen molar-refractivity contribution in [2.45, 2.75) is 64.3 Å². The van der Waals surface area contributed by atoms with Gasteiger partial charge in [0.25, 0.3) is 0 Å². The standard InChI is InChI=1S/C34H39BFNO8/c1-21(16-22-12-13-28(38)27(36)17-22)11-14-29-31-23(20-44-24-8-4-2-5-9-24)18-25-32(26(31)19-35(43)45-29)34(42)37(33(25)41)15-7-3-6-10-30(39)40/h2,4-5,8-9,12-13,16-17,25-26,29,32,38,43H,3,6-7,10-11,14-15,18-20H2,1H3,(H,39,40)/b21-16+/t25-,26+,29-,32-/m1/s1. The first-order valence-electron chi connectivity index (χ1n) is 15.6. The van der Waals surface area contributed by atoms with Gasteiger partial charge in [-0.25, -0.2) is 4.39 Å². The molecule has 2 aliphatic heterocycles. The molecule has 2 heterocycles. The predicted octanol–water partition coefficient (Wildman–Crippen LogP) is 5.24. The lowest BCUT2D eigenvalue weighted by atomic mass is 9.58. The molecule has 1 aliphatic carbocycles. The molecule has 0 spiro atoms. The third-order valence-corrected chi connectivity index (χ3v) is 9.01. The molecule has 4 atom stereocenters. The first kappa shape index (κ1) is 32.4. The van der Waals surface area contributed by atoms with Crippen LogP contribution in [0.25, 0.3) is 6.08 Å². The van der Waals surface area contributed by atoms with Gasteiger partial charge in [0.15, 0.2) is 11.6 Å². The first-order chi connectivity index (χ1) is 21.6. The summed E-state index contributed by atoms with van der Waals surface area (Å²) in [6.45, 7) is 2.37. The molecule has 2 fully saturated rings. The molecular weight excluding hydrogens is 580 g/mol. The molecular formula is C34H39BFNO8. The highest BCUT2D eigenvalue weighted by molar-refractivity contribution is 6.43. The Labute approximate surface area is 262 Å². The Hall–Kier alpha value is -3.96. The van der Waals surface area contributed by atoms with E-state index < -0.39 is 48.5 Å². The third kappa shape index (κ3) is 7.65. The number of nitrogens with zero attached hydrogens (tertiary/aromatic N) is 1. The molecule has 2 amide bonds. The maximum absolute atomic E-state index is 13.9. The zero-order valence-electron chi connectivity index (χ0n) is 25.4. The van der Waals surface area contributed by atoms with Crippen LogP contribution < -0.4 is 4.74 Å². The minimum absolute atomic E-state index is 0.0486. The molecule has 9 nitrogen and oxygen atoms in total. The van der Waals surface area contributed by atoms with E-state index in [-0.39, 0.29) is 37.7 Å². The van der Waals surface area contributed by atoms with Crippen molar-refractivity contribution in [2.24, 2.45) is 17.8 Å². The molecule has 2 aromatic carbocycles. The summed E-state index contributed by atoms with van der Waals surface area (Å²) in [7, 11) is -1.11. The lowest BCUT2D eigenvalue weighted by Gasteiger charge is -2.43. The molecule has 0 unspecified atom stereocenters. The van der Waals surface area contributed by atoms with Crippen LogP contribution in [0.4, 0.5) is 4.39 Å². The van der Waals surface area contributed by atoms with Crippen molar-refractivity contribution in [1.29, 1.82) is 0 Å². The van der Waals surface area contributed by atoms with Crippen molar-refractivity contribution in [3.63, 3.8) is 0 Å². The quantitative estimate of drug-likeness (QED) is 0.120. The van der Waals surface area contributed by atoms with E-state index in [4.69, 9.17) is 14.5 Å². The van der Waals surface area contributed by atoms with Gasteiger partial charge in [0, 0.05) is 13.0 Å². The van der Waals surface area contributed by atoms with Gasteiger partial charge in [0.2, 0.25) is 11.8 Å². The molecule has 3 N–H and O–H groups in total. The van der Waals surface area contributed by atoms with Crippen LogP contribution in [0.15, 0.2) is 65.3 Å². The molecule has 3 aliphatic rings. The van der Waals surface area contributed by atoms with Gasteiger partial charge in [-0.3, -0.25) is 19.3 Å². The van der Waals surface area contributed by atoms with Gasteiger partial charge < -0.3 is 24.6 Å². The number of unbranched alkanes of at least 4 members (excludes halogenated alkanes) is 2. The van der Waals surface area contributed by atoms with Crippen LogP contribution in [0.3, 0.4) is 0 Å². The van der Waals surface area contributed by atoms with Crippen molar-refractivity contribution in [2.75, 3.05) is 13.2 Å². The van der Waals surface area contributed by atoms with Gasteiger partial charge in [-0.1, -0.05) is 42.3 Å². The molecule has 0 saturated carbocycles. The van der Waals surface area contributed by atoms with E-state index in [9.17, 15) is 28.9 Å². The van der Waals surface area contributed by atoms with E-state index in [1.807, 2.05) is 43.3 Å². The number of ether oxygens (including phenoxy) is 1. The number of allylic oxidation sites excluding steroid dienone is 1. The summed E-state index contributed by atoms with van der Waals surface area (Å²) in [6.07, 6.45) is 4.57. The van der Waals surface area contributed by atoms with Gasteiger partial charge in [0.1, 0.15) is 12.4 Å². The molecule has 238 valence electrons. The largest absolute Gasteiger partial charge is 0.505 e. The zero-order chi connectivity index (χ0) is 32.1. The van der Waals surface area contributed by atoms with Crippen LogP contribution in [0.2, 0.25) is 6.32 Å². The summed E-state index contributed by atoms with van der Waals surface area (Å²) in [6, 6.07) is 13.5. The lowest BCUT2D eigenvalue weighted by molar-refractivity contribution is -0.141. The highest BCUT2D eigenvalue weighted by atomic mass is 19.1. The molecule has 0 bridgehead atoms. The van der Waals surface area contributed by atoms with E-state index in [1.54, 1.807) is 6.07 Å². The number of likely N-dealkylation sites (tertiary alicyclic amines) is 1. The number of carbonyl (C=O) groups is 3. The first-order valence-corrected chi connectivity index (χ1v) is 15.6. The molecule has 0 radical (unpaired) electrons. The van der Waals surface area contributed by atoms with E-state index in [0.717, 1.165) is 16.7 Å². The number of fused-ring (bicyclic) bond motifs is 3. The van der Waals surface area contributed by atoms with Gasteiger partial charge in [-0.2, -0.15) is 0 Å². The second kappa shape index (κ2) is 14.4. The number of phenols is 1. The lowest BCUT2D eigenvalue weighted by Crippen LogP contribution is -2.46. The minimum atomic E-state index is -1.11. The summed E-state index contributed by atoms with van der Waals surface area (Å²) in [5.41, 5.74) is 3.36. The fourth-order valence-corrected chi connectivity index (χ4v) is 6.92. The van der Waals surface area contributed by atoms with Crippen molar-refractivity contribution in [1.82, 2.24) is 4.90 Å². The monoisotopic (exact) mass is 619 g/mol. The van der Waals surface area contributed by atoms with Crippen LogP contribution in [-0.4, -0.2) is 64.3 Å². The van der Waals surface area contributed by atoms with Gasteiger partial charge in [-0.15, -0.1) is 0 Å². The number of hydrogen-bond acceptors (Lipinski definition) is 7. The number of imide groups is 1. The molecule has 45 heavy (non-hydrogen) atoms. The highest BCUT2D eigenvalue weighted by Crippen LogP contribution is 2.50. The number of aromatic hydroxyl groups is 1. The van der Waals surface area contributed by atoms with E-state index >= 15 is 0 Å². The van der Waals surface area contributed by atoms with Crippen molar-refractivity contribution >= 4 is 31.0 Å². The molecule has 0 aromatic heterocycles. The normalized spacial score (nSPS) is 23.3. The summed E-state index contributed by atoms with van der Waals surface area (Å²) in [5, 5.41) is 29.3. The van der Waals surface area contributed by atoms with E-state index in [1.165, 1.54) is 17.0 Å². The Morgan fingerprint density at radius 1 is 1.09 bits per heavy atom. The van der Waals surface area contributed by atoms with Gasteiger partial charge in [-0.05, 0) is 92.2 Å². The third-order valence-electron chi connectivity index (χ3n) is 9.01. The number of hydrogen-bond donors (Lipinski definition) is 3. The average Bonchev–Trinajstić information content (AvgIpc) is 3.25. The highest BCUT2D eigenvalue weighted by Gasteiger charge is 2.57. The van der Waals surface area contributed by atoms with Crippen LogP contribution in [0.5, 0.6) is 11.5 Å². The number of halogens is 1. The Morgan fingerprint density at radius 3 is 2.60 bits per heavy atom. The Kier molecular flexibility index (Phi) is 10.4. The van der Waals surface area contributed by atoms with E-state index in [0.29, 0.717) is 49.8 Å². The van der Waals surface area contributed by atoms with Crippen LogP contribution in [-0.2, 0) is 19.0 Å². The topological polar surface area (TPSA) is 134 Å². The number of benzene rings is 2. The molecule has 11 heteroatoms. The number of carboxylic acids is 1. The number of rotatable bonds is 13. The predicted molar refractivity (Wildman–Crippen MR) is 165 cm³/mol. The molecule has 5 rings (SSSR count). The van der Waals surface area contributed by atoms with Crippen molar-refractivity contribution < 1.29 is 43.4 Å². The van der Waals surface area contributed by atoms with Crippen LogP contribution in [0, 0.1) is 23.6 Å². The van der Waals surface area contributed by atoms with Crippen molar-refractivity contribution in [3.05, 3.63) is 76.6 Å². The number of amides is 2. The number of phenolic OH excluding ortho intramolecular Hbond substituents is 1. The summed E-state index contributed by atoms with van der Waals surface area (Å²) < 4.78 is 26.1. The van der Waals surface area contributed by atoms with Gasteiger partial charge >= 0.3 is 13.1 Å². The SMILES string of the molecule is C/C(=C\c1ccc(O)c(F)c1)CC[C@H]1OB(O)C[C@H]2C1=C(COc1ccccc1)C[C@H]1C(=O)N(CCCCCC(=O)O)C(=O)[C@H]12. The minimum Gasteiger partial charge on any atom is -0.505 e. The molecule has 2 aromatic rings. The Balaban J connectivity index is 1.38. The average molecular weight is 619 g/mol. The second-order valence-corrected chi connectivity index (χ2v) is 12.2. The maximum Gasteiger partial charge on any atom is 0.455 e.